The topological polar surface area (TPSA) is 100 Å². The third-order valence-electron chi connectivity index (χ3n) is 4.97. The molecule has 1 aliphatic carbocycles. The van der Waals surface area contributed by atoms with Crippen LogP contribution in [-0.4, -0.2) is 32.6 Å². The van der Waals surface area contributed by atoms with Crippen LogP contribution >= 0.6 is 11.3 Å². The average Bonchev–Trinajstić information content (AvgIpc) is 3.31. The average molecular weight is 394 g/mol. The van der Waals surface area contributed by atoms with E-state index in [1.165, 1.54) is 11.3 Å². The third-order valence-corrected chi connectivity index (χ3v) is 5.99. The van der Waals surface area contributed by atoms with Crippen LogP contribution in [-0.2, 0) is 4.79 Å². The Bertz CT molecular complexity index is 1140. The fourth-order valence-electron chi connectivity index (χ4n) is 3.28. The summed E-state index contributed by atoms with van der Waals surface area (Å²) in [6.07, 6.45) is 6.77. The lowest BCUT2D eigenvalue weighted by atomic mass is 9.93. The smallest absolute Gasteiger partial charge is 0.326 e. The molecule has 0 spiro atoms. The molecule has 0 radical (unpaired) electrons. The molecule has 3 amide bonds. The minimum absolute atomic E-state index is 0.188. The first kappa shape index (κ1) is 16.9. The number of fused-ring (bicyclic) bond motifs is 1. The molecule has 9 heteroatoms. The van der Waals surface area contributed by atoms with Crippen LogP contribution in [0.15, 0.2) is 30.1 Å². The molecule has 28 heavy (non-hydrogen) atoms. The number of nitrogens with zero attached hydrogens (tertiary/aromatic N) is 3. The van der Waals surface area contributed by atoms with Crippen LogP contribution in [0, 0.1) is 6.92 Å². The fourth-order valence-corrected chi connectivity index (χ4v) is 4.11. The van der Waals surface area contributed by atoms with Gasteiger partial charge in [-0.3, -0.25) is 10.1 Å². The summed E-state index contributed by atoms with van der Waals surface area (Å²) in [6.45, 7) is 2.07. The minimum atomic E-state index is -0.525. The van der Waals surface area contributed by atoms with Crippen molar-refractivity contribution in [2.24, 2.45) is 0 Å². The zero-order chi connectivity index (χ0) is 19.3. The molecule has 3 aromatic rings. The number of imide groups is 1. The van der Waals surface area contributed by atoms with E-state index in [0.717, 1.165) is 29.2 Å². The second-order valence-electron chi connectivity index (χ2n) is 7.01. The lowest BCUT2D eigenvalue weighted by Gasteiger charge is -2.27. The number of carbonyl (C=O) groups is 2. The number of aryl methyl sites for hydroxylation is 1. The van der Waals surface area contributed by atoms with Crippen molar-refractivity contribution >= 4 is 40.8 Å². The summed E-state index contributed by atoms with van der Waals surface area (Å²) in [6, 6.07) is 6.07. The second kappa shape index (κ2) is 6.45. The molecule has 5 rings (SSSR count). The molecule has 142 valence electrons. The van der Waals surface area contributed by atoms with E-state index in [1.807, 2.05) is 6.07 Å². The largest absolute Gasteiger partial charge is 0.367 e. The van der Waals surface area contributed by atoms with Gasteiger partial charge >= 0.3 is 6.03 Å². The van der Waals surface area contributed by atoms with Gasteiger partial charge in [0.1, 0.15) is 11.5 Å². The summed E-state index contributed by atoms with van der Waals surface area (Å²) in [5, 5.41) is 12.7. The van der Waals surface area contributed by atoms with Crippen LogP contribution in [0.3, 0.4) is 0 Å². The number of rotatable bonds is 4. The number of anilines is 1. The quantitative estimate of drug-likeness (QED) is 0.467. The zero-order valence-corrected chi connectivity index (χ0v) is 16.0. The van der Waals surface area contributed by atoms with Gasteiger partial charge in [0.25, 0.3) is 5.91 Å². The van der Waals surface area contributed by atoms with Gasteiger partial charge in [-0.2, -0.15) is 9.61 Å². The van der Waals surface area contributed by atoms with E-state index >= 15 is 0 Å². The molecule has 1 saturated carbocycles. The monoisotopic (exact) mass is 394 g/mol. The van der Waals surface area contributed by atoms with Gasteiger partial charge in [0.2, 0.25) is 0 Å². The summed E-state index contributed by atoms with van der Waals surface area (Å²) in [7, 11) is 0. The summed E-state index contributed by atoms with van der Waals surface area (Å²) < 4.78 is 1.75. The first-order chi connectivity index (χ1) is 13.6. The summed E-state index contributed by atoms with van der Waals surface area (Å²) >= 11 is 1.68. The Morgan fingerprint density at radius 3 is 2.79 bits per heavy atom. The molecule has 8 nitrogen and oxygen atoms in total. The maximum Gasteiger partial charge on any atom is 0.326 e. The van der Waals surface area contributed by atoms with Crippen LogP contribution in [0.4, 0.5) is 10.6 Å². The molecular formula is C19H18N6O2S. The zero-order valence-electron chi connectivity index (χ0n) is 15.2. The lowest BCUT2D eigenvalue weighted by molar-refractivity contribution is -0.115. The minimum Gasteiger partial charge on any atom is -0.367 e. The summed E-state index contributed by atoms with van der Waals surface area (Å²) in [4.78, 5) is 30.3. The Balaban J connectivity index is 1.64. The number of amides is 3. The van der Waals surface area contributed by atoms with Gasteiger partial charge in [-0.15, -0.1) is 11.3 Å². The first-order valence-electron chi connectivity index (χ1n) is 9.13. The maximum absolute atomic E-state index is 11.9. The van der Waals surface area contributed by atoms with Crippen LogP contribution < -0.4 is 16.0 Å². The van der Waals surface area contributed by atoms with E-state index < -0.39 is 11.9 Å². The van der Waals surface area contributed by atoms with Crippen molar-refractivity contribution < 1.29 is 9.59 Å². The lowest BCUT2D eigenvalue weighted by Crippen LogP contribution is -2.28. The highest BCUT2D eigenvalue weighted by molar-refractivity contribution is 7.15. The van der Waals surface area contributed by atoms with Gasteiger partial charge in [-0.25, -0.2) is 9.78 Å². The highest BCUT2D eigenvalue weighted by Gasteiger charge is 2.24. The molecule has 2 fully saturated rings. The molecule has 0 bridgehead atoms. The molecule has 0 unspecified atom stereocenters. The highest BCUT2D eigenvalue weighted by atomic mass is 32.1. The second-order valence-corrected chi connectivity index (χ2v) is 8.30. The molecule has 4 heterocycles. The van der Waals surface area contributed by atoms with Gasteiger partial charge in [-0.1, -0.05) is 0 Å². The standard InChI is InChI=1S/C19H18N6O2S/c1-10-5-6-15(28-10)13-8-16(21-12-3-2-4-12)25-17(22-13)11(9-20-25)7-14-18(26)24-19(27)23-14/h5-9,12,21H,2-4H2,1H3,(H2,23,24,26,27)/b14-7+. The van der Waals surface area contributed by atoms with Crippen molar-refractivity contribution in [3.63, 3.8) is 0 Å². The predicted molar refractivity (Wildman–Crippen MR) is 107 cm³/mol. The number of carbonyl (C=O) groups excluding carboxylic acids is 2. The Labute approximate surface area is 164 Å². The van der Waals surface area contributed by atoms with Gasteiger partial charge in [-0.05, 0) is 44.4 Å². The van der Waals surface area contributed by atoms with E-state index in [4.69, 9.17) is 4.98 Å². The summed E-state index contributed by atoms with van der Waals surface area (Å²) in [5.41, 5.74) is 2.34. The number of hydrogen-bond acceptors (Lipinski definition) is 6. The van der Waals surface area contributed by atoms with E-state index in [0.29, 0.717) is 17.3 Å². The van der Waals surface area contributed by atoms with Gasteiger partial charge in [0.15, 0.2) is 5.65 Å². The van der Waals surface area contributed by atoms with Gasteiger partial charge in [0.05, 0.1) is 16.8 Å². The van der Waals surface area contributed by atoms with E-state index in [1.54, 1.807) is 28.1 Å². The Kier molecular flexibility index (Phi) is 3.90. The molecule has 3 aromatic heterocycles. The van der Waals surface area contributed by atoms with Crippen molar-refractivity contribution in [1.29, 1.82) is 0 Å². The van der Waals surface area contributed by atoms with Gasteiger partial charge in [0, 0.05) is 22.5 Å². The van der Waals surface area contributed by atoms with Crippen molar-refractivity contribution in [1.82, 2.24) is 25.2 Å². The van der Waals surface area contributed by atoms with E-state index in [9.17, 15) is 9.59 Å². The van der Waals surface area contributed by atoms with Crippen molar-refractivity contribution in [2.45, 2.75) is 32.2 Å². The molecule has 1 saturated heterocycles. The van der Waals surface area contributed by atoms with Crippen LogP contribution in [0.1, 0.15) is 29.7 Å². The molecular weight excluding hydrogens is 376 g/mol. The highest BCUT2D eigenvalue weighted by Crippen LogP contribution is 2.31. The van der Waals surface area contributed by atoms with Crippen LogP contribution in [0.2, 0.25) is 0 Å². The summed E-state index contributed by atoms with van der Waals surface area (Å²) in [5.74, 6) is 0.419. The number of thiophene rings is 1. The number of nitrogens with one attached hydrogen (secondary N) is 3. The van der Waals surface area contributed by atoms with Crippen molar-refractivity contribution in [3.8, 4) is 10.6 Å². The van der Waals surface area contributed by atoms with Crippen LogP contribution in [0.5, 0.6) is 0 Å². The number of hydrogen-bond donors (Lipinski definition) is 3. The Hall–Kier alpha value is -3.20. The first-order valence-corrected chi connectivity index (χ1v) is 9.94. The molecule has 3 N–H and O–H groups in total. The predicted octanol–water partition coefficient (Wildman–Crippen LogP) is 2.91. The fraction of sp³-hybridized carbons (Fsp3) is 0.263. The normalized spacial score (nSPS) is 18.4. The van der Waals surface area contributed by atoms with Crippen molar-refractivity contribution in [3.05, 3.63) is 40.5 Å². The SMILES string of the molecule is Cc1ccc(-c2cc(NC3CCC3)n3ncc(/C=C4/NC(=O)NC4=O)c3n2)s1. The molecule has 0 atom stereocenters. The maximum atomic E-state index is 11.9. The van der Waals surface area contributed by atoms with E-state index in [2.05, 4.69) is 40.1 Å². The Morgan fingerprint density at radius 2 is 2.14 bits per heavy atom. The number of aromatic nitrogens is 3. The van der Waals surface area contributed by atoms with Gasteiger partial charge < -0.3 is 10.6 Å². The third kappa shape index (κ3) is 2.93. The Morgan fingerprint density at radius 1 is 1.29 bits per heavy atom. The molecule has 0 aromatic carbocycles. The molecule has 2 aliphatic rings. The molecule has 1 aliphatic heterocycles. The van der Waals surface area contributed by atoms with Crippen molar-refractivity contribution in [2.75, 3.05) is 5.32 Å². The number of urea groups is 1. The van der Waals surface area contributed by atoms with E-state index in [-0.39, 0.29) is 5.70 Å². The van der Waals surface area contributed by atoms with Crippen LogP contribution in [0.25, 0.3) is 22.3 Å².